The maximum absolute atomic E-state index is 12.7. The average Bonchev–Trinajstić information content (AvgIpc) is 2.55. The van der Waals surface area contributed by atoms with Crippen molar-refractivity contribution in [2.75, 3.05) is 5.32 Å². The van der Waals surface area contributed by atoms with Crippen molar-refractivity contribution in [1.82, 2.24) is 9.97 Å². The molecule has 0 aliphatic rings. The molecule has 0 saturated heterocycles. The molecule has 0 fully saturated rings. The monoisotopic (exact) mass is 315 g/mol. The molecular weight excluding hydrogens is 303 g/mol. The Morgan fingerprint density at radius 3 is 2.30 bits per heavy atom. The number of rotatable bonds is 3. The van der Waals surface area contributed by atoms with Gasteiger partial charge in [-0.15, -0.1) is 0 Å². The molecule has 0 amide bonds. The van der Waals surface area contributed by atoms with Gasteiger partial charge in [0.1, 0.15) is 5.69 Å². The zero-order chi connectivity index (χ0) is 16.3. The number of hydrogen-bond donors (Lipinski definition) is 1. The summed E-state index contributed by atoms with van der Waals surface area (Å²) in [5.74, 6) is -0.0926. The molecule has 0 unspecified atom stereocenters. The molecule has 3 nitrogen and oxygen atoms in total. The summed E-state index contributed by atoms with van der Waals surface area (Å²) in [7, 11) is 0. The second kappa shape index (κ2) is 6.08. The van der Waals surface area contributed by atoms with Crippen molar-refractivity contribution in [3.05, 3.63) is 72.6 Å². The zero-order valence-corrected chi connectivity index (χ0v) is 11.9. The predicted octanol–water partition coefficient (Wildman–Crippen LogP) is 4.91. The fourth-order valence-corrected chi connectivity index (χ4v) is 2.11. The average molecular weight is 315 g/mol. The van der Waals surface area contributed by atoms with Crippen molar-refractivity contribution in [3.63, 3.8) is 0 Å². The first-order valence-corrected chi connectivity index (χ1v) is 6.85. The third kappa shape index (κ3) is 3.66. The highest BCUT2D eigenvalue weighted by Crippen LogP contribution is 2.28. The van der Waals surface area contributed by atoms with E-state index in [2.05, 4.69) is 15.3 Å². The van der Waals surface area contributed by atoms with Gasteiger partial charge in [0.15, 0.2) is 0 Å². The molecule has 23 heavy (non-hydrogen) atoms. The molecule has 0 spiro atoms. The number of aromatic nitrogens is 2. The van der Waals surface area contributed by atoms with Crippen LogP contribution in [-0.2, 0) is 6.18 Å². The van der Waals surface area contributed by atoms with Gasteiger partial charge in [-0.25, -0.2) is 9.97 Å². The van der Waals surface area contributed by atoms with E-state index in [1.54, 1.807) is 6.07 Å². The third-order valence-electron chi connectivity index (χ3n) is 3.17. The van der Waals surface area contributed by atoms with Crippen LogP contribution in [0.5, 0.6) is 0 Å². The lowest BCUT2D eigenvalue weighted by molar-refractivity contribution is -0.141. The third-order valence-corrected chi connectivity index (χ3v) is 3.17. The minimum absolute atomic E-state index is 0.0926. The lowest BCUT2D eigenvalue weighted by Gasteiger charge is -2.10. The Labute approximate surface area is 130 Å². The van der Waals surface area contributed by atoms with E-state index >= 15 is 0 Å². The molecule has 0 bridgehead atoms. The number of nitrogens with zero attached hydrogens (tertiary/aromatic N) is 2. The van der Waals surface area contributed by atoms with Crippen LogP contribution in [0.25, 0.3) is 11.1 Å². The molecule has 116 valence electrons. The fraction of sp³-hybridized carbons (Fsp3) is 0.0588. The first-order valence-electron chi connectivity index (χ1n) is 6.85. The van der Waals surface area contributed by atoms with Crippen LogP contribution in [0.3, 0.4) is 0 Å². The van der Waals surface area contributed by atoms with Crippen molar-refractivity contribution in [2.45, 2.75) is 6.18 Å². The van der Waals surface area contributed by atoms with E-state index in [1.807, 2.05) is 48.5 Å². The van der Waals surface area contributed by atoms with Crippen molar-refractivity contribution in [2.24, 2.45) is 0 Å². The van der Waals surface area contributed by atoms with Gasteiger partial charge in [0.05, 0.1) is 0 Å². The molecule has 1 heterocycles. The molecule has 0 saturated carbocycles. The molecular formula is C17H12F3N3. The molecule has 2 aromatic carbocycles. The Bertz CT molecular complexity index is 801. The first-order chi connectivity index (χ1) is 11.0. The quantitative estimate of drug-likeness (QED) is 0.746. The predicted molar refractivity (Wildman–Crippen MR) is 82.2 cm³/mol. The minimum atomic E-state index is -4.49. The smallest absolute Gasteiger partial charge is 0.324 e. The Morgan fingerprint density at radius 1 is 0.826 bits per heavy atom. The topological polar surface area (TPSA) is 37.8 Å². The number of benzene rings is 2. The first kappa shape index (κ1) is 15.0. The molecule has 0 radical (unpaired) electrons. The summed E-state index contributed by atoms with van der Waals surface area (Å²) in [6.07, 6.45) is -3.41. The lowest BCUT2D eigenvalue weighted by Crippen LogP contribution is -2.10. The van der Waals surface area contributed by atoms with Crippen LogP contribution >= 0.6 is 0 Å². The summed E-state index contributed by atoms with van der Waals surface area (Å²) in [6, 6.07) is 17.8. The van der Waals surface area contributed by atoms with Crippen molar-refractivity contribution in [3.8, 4) is 11.1 Å². The van der Waals surface area contributed by atoms with Gasteiger partial charge in [-0.05, 0) is 29.3 Å². The van der Waals surface area contributed by atoms with Crippen molar-refractivity contribution < 1.29 is 13.2 Å². The number of alkyl halides is 3. The Kier molecular flexibility index (Phi) is 3.97. The normalized spacial score (nSPS) is 11.3. The molecule has 1 aromatic heterocycles. The highest BCUT2D eigenvalue weighted by Gasteiger charge is 2.32. The van der Waals surface area contributed by atoms with Gasteiger partial charge in [-0.1, -0.05) is 42.5 Å². The summed E-state index contributed by atoms with van der Waals surface area (Å²) in [5, 5.41) is 2.80. The summed E-state index contributed by atoms with van der Waals surface area (Å²) < 4.78 is 38.0. The van der Waals surface area contributed by atoms with Crippen molar-refractivity contribution in [1.29, 1.82) is 0 Å². The molecule has 3 aromatic rings. The van der Waals surface area contributed by atoms with Crippen LogP contribution in [0.1, 0.15) is 5.69 Å². The van der Waals surface area contributed by atoms with E-state index in [-0.39, 0.29) is 5.95 Å². The molecule has 0 aliphatic carbocycles. The largest absolute Gasteiger partial charge is 0.433 e. The maximum atomic E-state index is 12.7. The molecule has 1 N–H and O–H groups in total. The number of hydrogen-bond acceptors (Lipinski definition) is 3. The van der Waals surface area contributed by atoms with E-state index in [1.165, 1.54) is 0 Å². The summed E-state index contributed by atoms with van der Waals surface area (Å²) in [6.45, 7) is 0. The highest BCUT2D eigenvalue weighted by molar-refractivity contribution is 5.69. The lowest BCUT2D eigenvalue weighted by atomic mass is 10.1. The second-order valence-corrected chi connectivity index (χ2v) is 4.84. The number of anilines is 2. The summed E-state index contributed by atoms with van der Waals surface area (Å²) in [4.78, 5) is 7.32. The van der Waals surface area contributed by atoms with Crippen LogP contribution in [0, 0.1) is 0 Å². The van der Waals surface area contributed by atoms with Gasteiger partial charge in [-0.2, -0.15) is 13.2 Å². The highest BCUT2D eigenvalue weighted by atomic mass is 19.4. The summed E-state index contributed by atoms with van der Waals surface area (Å²) in [5.41, 5.74) is 1.60. The van der Waals surface area contributed by atoms with Gasteiger partial charge in [0.2, 0.25) is 5.95 Å². The van der Waals surface area contributed by atoms with Gasteiger partial charge in [0.25, 0.3) is 0 Å². The Balaban J connectivity index is 1.87. The molecule has 0 atom stereocenters. The van der Waals surface area contributed by atoms with Crippen LogP contribution in [-0.4, -0.2) is 9.97 Å². The zero-order valence-electron chi connectivity index (χ0n) is 11.9. The number of nitrogens with one attached hydrogen (secondary N) is 1. The standard InChI is InChI=1S/C17H12F3N3/c18-17(19,20)15-9-10-21-16(23-15)22-14-8-4-7-13(11-14)12-5-2-1-3-6-12/h1-11H,(H,21,22,23). The minimum Gasteiger partial charge on any atom is -0.324 e. The van der Waals surface area contributed by atoms with Crippen LogP contribution in [0.4, 0.5) is 24.8 Å². The van der Waals surface area contributed by atoms with Gasteiger partial charge in [0, 0.05) is 11.9 Å². The SMILES string of the molecule is FC(F)(F)c1ccnc(Nc2cccc(-c3ccccc3)c2)n1. The van der Waals surface area contributed by atoms with E-state index < -0.39 is 11.9 Å². The van der Waals surface area contributed by atoms with Crippen LogP contribution in [0.2, 0.25) is 0 Å². The van der Waals surface area contributed by atoms with E-state index in [0.717, 1.165) is 23.4 Å². The van der Waals surface area contributed by atoms with E-state index in [9.17, 15) is 13.2 Å². The second-order valence-electron chi connectivity index (χ2n) is 4.84. The molecule has 0 aliphatic heterocycles. The Hall–Kier alpha value is -2.89. The molecule has 3 rings (SSSR count). The van der Waals surface area contributed by atoms with Gasteiger partial charge >= 0.3 is 6.18 Å². The van der Waals surface area contributed by atoms with Crippen molar-refractivity contribution >= 4 is 11.6 Å². The van der Waals surface area contributed by atoms with Crippen LogP contribution < -0.4 is 5.32 Å². The van der Waals surface area contributed by atoms with E-state index in [4.69, 9.17) is 0 Å². The van der Waals surface area contributed by atoms with E-state index in [0.29, 0.717) is 5.69 Å². The Morgan fingerprint density at radius 2 is 1.57 bits per heavy atom. The van der Waals surface area contributed by atoms with Crippen LogP contribution in [0.15, 0.2) is 66.9 Å². The van der Waals surface area contributed by atoms with Gasteiger partial charge in [-0.3, -0.25) is 0 Å². The maximum Gasteiger partial charge on any atom is 0.433 e. The fourth-order valence-electron chi connectivity index (χ4n) is 2.11. The number of halogens is 3. The molecule has 6 heteroatoms. The van der Waals surface area contributed by atoms with Gasteiger partial charge < -0.3 is 5.32 Å². The summed E-state index contributed by atoms with van der Waals surface area (Å²) >= 11 is 0.